The van der Waals surface area contributed by atoms with Crippen LogP contribution in [-0.2, 0) is 6.54 Å². The van der Waals surface area contributed by atoms with Gasteiger partial charge in [0.15, 0.2) is 0 Å². The number of hydrogen-bond acceptors (Lipinski definition) is 5. The third-order valence-corrected chi connectivity index (χ3v) is 6.71. The summed E-state index contributed by atoms with van der Waals surface area (Å²) in [6, 6.07) is 6.45. The standard InChI is InChI=1S/C21H26N4OS/c1-14-5-6-18(26-4)17(11-14)12-24-7-9-25(10-8-24)20-19-15(2)16(3)27-21(19)23-13-22-20/h5-6,11,13H,7-10,12H2,1-4H3/p+1. The minimum atomic E-state index is 0.998. The number of quaternary nitrogens is 1. The second-order valence-electron chi connectivity index (χ2n) is 7.39. The zero-order chi connectivity index (χ0) is 19.0. The summed E-state index contributed by atoms with van der Waals surface area (Å²) in [6.07, 6.45) is 1.71. The number of nitrogens with zero attached hydrogens (tertiary/aromatic N) is 3. The summed E-state index contributed by atoms with van der Waals surface area (Å²) < 4.78 is 5.56. The molecule has 1 N–H and O–H groups in total. The summed E-state index contributed by atoms with van der Waals surface area (Å²) in [4.78, 5) is 15.6. The smallest absolute Gasteiger partial charge is 0.141 e. The molecule has 3 aromatic rings. The van der Waals surface area contributed by atoms with Gasteiger partial charge in [-0.3, -0.25) is 0 Å². The van der Waals surface area contributed by atoms with E-state index in [0.717, 1.165) is 49.1 Å². The van der Waals surface area contributed by atoms with Crippen LogP contribution in [0.5, 0.6) is 5.75 Å². The third-order valence-electron chi connectivity index (χ3n) is 5.59. The minimum Gasteiger partial charge on any atom is -0.496 e. The molecule has 0 spiro atoms. The molecule has 5 nitrogen and oxygen atoms in total. The van der Waals surface area contributed by atoms with Crippen molar-refractivity contribution in [1.82, 2.24) is 9.97 Å². The van der Waals surface area contributed by atoms with Crippen LogP contribution >= 0.6 is 11.3 Å². The molecule has 0 atom stereocenters. The van der Waals surface area contributed by atoms with Gasteiger partial charge in [-0.1, -0.05) is 11.6 Å². The summed E-state index contributed by atoms with van der Waals surface area (Å²) in [7, 11) is 1.76. The highest BCUT2D eigenvalue weighted by Crippen LogP contribution is 2.34. The number of aromatic nitrogens is 2. The average Bonchev–Trinajstić information content (AvgIpc) is 2.97. The molecule has 1 aliphatic heterocycles. The predicted octanol–water partition coefficient (Wildman–Crippen LogP) is 2.53. The largest absolute Gasteiger partial charge is 0.496 e. The Balaban J connectivity index is 1.49. The van der Waals surface area contributed by atoms with Gasteiger partial charge in [0.1, 0.15) is 29.3 Å². The Bertz CT molecular complexity index is 960. The van der Waals surface area contributed by atoms with Crippen LogP contribution < -0.4 is 14.5 Å². The zero-order valence-corrected chi connectivity index (χ0v) is 17.3. The number of nitrogens with one attached hydrogen (secondary N) is 1. The quantitative estimate of drug-likeness (QED) is 0.752. The van der Waals surface area contributed by atoms with E-state index in [2.05, 4.69) is 53.8 Å². The van der Waals surface area contributed by atoms with Crippen molar-refractivity contribution >= 4 is 27.4 Å². The van der Waals surface area contributed by atoms with Gasteiger partial charge in [-0.25, -0.2) is 9.97 Å². The van der Waals surface area contributed by atoms with E-state index in [-0.39, 0.29) is 0 Å². The fourth-order valence-electron chi connectivity index (χ4n) is 3.93. The maximum absolute atomic E-state index is 5.56. The van der Waals surface area contributed by atoms with Crippen molar-refractivity contribution in [2.45, 2.75) is 27.3 Å². The van der Waals surface area contributed by atoms with Crippen molar-refractivity contribution in [2.24, 2.45) is 0 Å². The van der Waals surface area contributed by atoms with Crippen LogP contribution in [0.1, 0.15) is 21.6 Å². The second kappa shape index (κ2) is 7.44. The predicted molar refractivity (Wildman–Crippen MR) is 111 cm³/mol. The molecule has 0 bridgehead atoms. The zero-order valence-electron chi connectivity index (χ0n) is 16.5. The van der Waals surface area contributed by atoms with Crippen LogP contribution in [0, 0.1) is 20.8 Å². The maximum atomic E-state index is 5.56. The first-order chi connectivity index (χ1) is 13.1. The molecule has 1 aromatic carbocycles. The monoisotopic (exact) mass is 383 g/mol. The average molecular weight is 384 g/mol. The highest BCUT2D eigenvalue weighted by Gasteiger charge is 2.25. The van der Waals surface area contributed by atoms with Gasteiger partial charge in [0.2, 0.25) is 0 Å². The Hall–Kier alpha value is -2.18. The number of ether oxygens (including phenoxy) is 1. The van der Waals surface area contributed by atoms with E-state index >= 15 is 0 Å². The molecule has 1 aliphatic rings. The highest BCUT2D eigenvalue weighted by molar-refractivity contribution is 7.18. The Labute approximate surface area is 164 Å². The summed E-state index contributed by atoms with van der Waals surface area (Å²) in [6.45, 7) is 11.7. The van der Waals surface area contributed by atoms with E-state index in [1.165, 1.54) is 27.0 Å². The lowest BCUT2D eigenvalue weighted by Crippen LogP contribution is -3.13. The Morgan fingerprint density at radius 2 is 1.93 bits per heavy atom. The van der Waals surface area contributed by atoms with Crippen LogP contribution in [0.3, 0.4) is 0 Å². The number of aryl methyl sites for hydroxylation is 3. The molecule has 0 unspecified atom stereocenters. The lowest BCUT2D eigenvalue weighted by atomic mass is 10.1. The number of thiophene rings is 1. The van der Waals surface area contributed by atoms with Crippen molar-refractivity contribution in [2.75, 3.05) is 38.2 Å². The molecule has 0 radical (unpaired) electrons. The number of hydrogen-bond donors (Lipinski definition) is 1. The molecule has 1 saturated heterocycles. The van der Waals surface area contributed by atoms with Gasteiger partial charge in [0.05, 0.1) is 38.7 Å². The molecule has 2 aromatic heterocycles. The molecular formula is C21H27N4OS+. The van der Waals surface area contributed by atoms with Gasteiger partial charge in [-0.15, -0.1) is 11.3 Å². The van der Waals surface area contributed by atoms with Gasteiger partial charge < -0.3 is 14.5 Å². The second-order valence-corrected chi connectivity index (χ2v) is 8.59. The first-order valence-electron chi connectivity index (χ1n) is 9.49. The van der Waals surface area contributed by atoms with E-state index in [1.54, 1.807) is 29.7 Å². The lowest BCUT2D eigenvalue weighted by Gasteiger charge is -2.33. The Morgan fingerprint density at radius 3 is 2.67 bits per heavy atom. The number of anilines is 1. The third kappa shape index (κ3) is 3.51. The van der Waals surface area contributed by atoms with E-state index < -0.39 is 0 Å². The van der Waals surface area contributed by atoms with Gasteiger partial charge in [0, 0.05) is 10.4 Å². The molecule has 6 heteroatoms. The summed E-state index contributed by atoms with van der Waals surface area (Å²) in [5, 5.41) is 1.24. The molecule has 4 rings (SSSR count). The fraction of sp³-hybridized carbons (Fsp3) is 0.429. The topological polar surface area (TPSA) is 42.7 Å². The van der Waals surface area contributed by atoms with Crippen LogP contribution in [-0.4, -0.2) is 43.3 Å². The van der Waals surface area contributed by atoms with Crippen molar-refractivity contribution in [3.05, 3.63) is 46.1 Å². The number of rotatable bonds is 4. The van der Waals surface area contributed by atoms with Gasteiger partial charge in [-0.05, 0) is 38.5 Å². The number of fused-ring (bicyclic) bond motifs is 1. The fourth-order valence-corrected chi connectivity index (χ4v) is 4.92. The van der Waals surface area contributed by atoms with Crippen molar-refractivity contribution in [3.63, 3.8) is 0 Å². The normalized spacial score (nSPS) is 15.5. The highest BCUT2D eigenvalue weighted by atomic mass is 32.1. The van der Waals surface area contributed by atoms with Crippen molar-refractivity contribution < 1.29 is 9.64 Å². The Kier molecular flexibility index (Phi) is 5.02. The van der Waals surface area contributed by atoms with E-state index in [1.807, 2.05) is 0 Å². The lowest BCUT2D eigenvalue weighted by molar-refractivity contribution is -0.914. The number of piperazine rings is 1. The summed E-state index contributed by atoms with van der Waals surface area (Å²) in [5.41, 5.74) is 3.91. The SMILES string of the molecule is COc1ccc(C)cc1C[NH+]1CCN(c2ncnc3sc(C)c(C)c23)CC1. The molecule has 0 amide bonds. The molecule has 27 heavy (non-hydrogen) atoms. The first-order valence-corrected chi connectivity index (χ1v) is 10.3. The first kappa shape index (κ1) is 18.2. The minimum absolute atomic E-state index is 0.998. The van der Waals surface area contributed by atoms with Crippen molar-refractivity contribution in [3.8, 4) is 5.75 Å². The van der Waals surface area contributed by atoms with Gasteiger partial charge in [-0.2, -0.15) is 0 Å². The summed E-state index contributed by atoms with van der Waals surface area (Å²) >= 11 is 1.77. The van der Waals surface area contributed by atoms with Crippen LogP contribution in [0.25, 0.3) is 10.2 Å². The van der Waals surface area contributed by atoms with E-state index in [0.29, 0.717) is 0 Å². The van der Waals surface area contributed by atoms with Gasteiger partial charge >= 0.3 is 0 Å². The van der Waals surface area contributed by atoms with Crippen LogP contribution in [0.2, 0.25) is 0 Å². The maximum Gasteiger partial charge on any atom is 0.141 e. The Morgan fingerprint density at radius 1 is 1.15 bits per heavy atom. The molecule has 1 fully saturated rings. The number of benzene rings is 1. The van der Waals surface area contributed by atoms with Crippen molar-refractivity contribution in [1.29, 1.82) is 0 Å². The number of methoxy groups -OCH3 is 1. The molecule has 0 saturated carbocycles. The molecule has 3 heterocycles. The van der Waals surface area contributed by atoms with E-state index in [9.17, 15) is 0 Å². The van der Waals surface area contributed by atoms with Gasteiger partial charge in [0.25, 0.3) is 0 Å². The molecular weight excluding hydrogens is 356 g/mol. The molecule has 0 aliphatic carbocycles. The summed E-state index contributed by atoms with van der Waals surface area (Å²) in [5.74, 6) is 2.10. The molecule has 142 valence electrons. The van der Waals surface area contributed by atoms with Crippen LogP contribution in [0.4, 0.5) is 5.82 Å². The van der Waals surface area contributed by atoms with E-state index in [4.69, 9.17) is 4.74 Å². The van der Waals surface area contributed by atoms with Crippen LogP contribution in [0.15, 0.2) is 24.5 Å².